The van der Waals surface area contributed by atoms with Crippen LogP contribution >= 0.6 is 11.6 Å². The SMILES string of the molecule is COc1cc(C(=O)Nc2ccc(N3CCOCC3)cn2)cc(Cl)c1OCC(N)=O. The minimum Gasteiger partial charge on any atom is -0.493 e. The number of carbonyl (C=O) groups excluding carboxylic acids is 2. The number of benzene rings is 1. The molecule has 1 saturated heterocycles. The number of pyridine rings is 1. The zero-order chi connectivity index (χ0) is 20.8. The van der Waals surface area contributed by atoms with Gasteiger partial charge in [-0.3, -0.25) is 9.59 Å². The Morgan fingerprint density at radius 2 is 2.07 bits per heavy atom. The Balaban J connectivity index is 1.71. The smallest absolute Gasteiger partial charge is 0.257 e. The van der Waals surface area contributed by atoms with E-state index in [-0.39, 0.29) is 28.7 Å². The van der Waals surface area contributed by atoms with Gasteiger partial charge in [0.2, 0.25) is 0 Å². The largest absolute Gasteiger partial charge is 0.493 e. The number of ether oxygens (including phenoxy) is 3. The maximum Gasteiger partial charge on any atom is 0.257 e. The summed E-state index contributed by atoms with van der Waals surface area (Å²) >= 11 is 6.18. The van der Waals surface area contributed by atoms with Crippen LogP contribution in [0.4, 0.5) is 11.5 Å². The average Bonchev–Trinajstić information content (AvgIpc) is 2.73. The number of primary amides is 1. The Morgan fingerprint density at radius 1 is 1.31 bits per heavy atom. The van der Waals surface area contributed by atoms with Gasteiger partial charge in [0.1, 0.15) is 5.82 Å². The Hall–Kier alpha value is -3.04. The number of rotatable bonds is 7. The van der Waals surface area contributed by atoms with Crippen LogP contribution < -0.4 is 25.4 Å². The van der Waals surface area contributed by atoms with Gasteiger partial charge in [0.05, 0.1) is 37.2 Å². The van der Waals surface area contributed by atoms with E-state index in [1.807, 2.05) is 6.07 Å². The van der Waals surface area contributed by atoms with Crippen LogP contribution in [-0.4, -0.2) is 56.8 Å². The molecule has 1 aliphatic heterocycles. The van der Waals surface area contributed by atoms with Crippen molar-refractivity contribution in [2.75, 3.05) is 50.2 Å². The number of methoxy groups -OCH3 is 1. The van der Waals surface area contributed by atoms with Gasteiger partial charge < -0.3 is 30.2 Å². The normalized spacial score (nSPS) is 13.7. The van der Waals surface area contributed by atoms with Crippen molar-refractivity contribution >= 4 is 34.9 Å². The van der Waals surface area contributed by atoms with Gasteiger partial charge in [-0.25, -0.2) is 4.98 Å². The first-order chi connectivity index (χ1) is 14.0. The fraction of sp³-hybridized carbons (Fsp3) is 0.316. The molecule has 1 fully saturated rings. The highest BCUT2D eigenvalue weighted by Gasteiger charge is 2.17. The molecule has 2 amide bonds. The van der Waals surface area contributed by atoms with Crippen molar-refractivity contribution < 1.29 is 23.8 Å². The second-order valence-electron chi connectivity index (χ2n) is 6.20. The highest BCUT2D eigenvalue weighted by atomic mass is 35.5. The molecule has 1 aromatic heterocycles. The molecule has 1 aliphatic rings. The van der Waals surface area contributed by atoms with Gasteiger partial charge in [0.15, 0.2) is 18.1 Å². The maximum atomic E-state index is 12.6. The van der Waals surface area contributed by atoms with E-state index in [1.165, 1.54) is 19.2 Å². The molecule has 3 rings (SSSR count). The molecule has 0 aliphatic carbocycles. The van der Waals surface area contributed by atoms with E-state index in [0.717, 1.165) is 18.8 Å². The van der Waals surface area contributed by atoms with E-state index in [2.05, 4.69) is 15.2 Å². The highest BCUT2D eigenvalue weighted by molar-refractivity contribution is 6.32. The summed E-state index contributed by atoms with van der Waals surface area (Å²) in [6.07, 6.45) is 1.70. The van der Waals surface area contributed by atoms with E-state index < -0.39 is 11.8 Å². The standard InChI is InChI=1S/C19H21ClN4O5/c1-27-15-9-12(8-14(20)18(15)29-11-16(21)25)19(26)23-17-3-2-13(10-22-17)24-4-6-28-7-5-24/h2-3,8-10H,4-7,11H2,1H3,(H2,21,25)(H,22,23,26). The summed E-state index contributed by atoms with van der Waals surface area (Å²) in [4.78, 5) is 30.0. The fourth-order valence-corrected chi connectivity index (χ4v) is 3.06. The number of amides is 2. The Kier molecular flexibility index (Phi) is 6.73. The summed E-state index contributed by atoms with van der Waals surface area (Å²) in [7, 11) is 1.40. The van der Waals surface area contributed by atoms with Gasteiger partial charge in [-0.15, -0.1) is 0 Å². The lowest BCUT2D eigenvalue weighted by Crippen LogP contribution is -2.36. The fourth-order valence-electron chi connectivity index (χ4n) is 2.79. The summed E-state index contributed by atoms with van der Waals surface area (Å²) in [5, 5.41) is 2.83. The van der Waals surface area contributed by atoms with E-state index in [4.69, 9.17) is 31.5 Å². The minimum absolute atomic E-state index is 0.117. The van der Waals surface area contributed by atoms with E-state index in [0.29, 0.717) is 19.0 Å². The molecule has 0 unspecified atom stereocenters. The molecule has 154 valence electrons. The number of morpholine rings is 1. The summed E-state index contributed by atoms with van der Waals surface area (Å²) in [5.74, 6) is -0.331. The van der Waals surface area contributed by atoms with Crippen molar-refractivity contribution in [1.82, 2.24) is 4.98 Å². The monoisotopic (exact) mass is 420 g/mol. The van der Waals surface area contributed by atoms with Crippen molar-refractivity contribution in [2.24, 2.45) is 5.73 Å². The Bertz CT molecular complexity index is 885. The number of halogens is 1. The van der Waals surface area contributed by atoms with E-state index >= 15 is 0 Å². The molecule has 2 aromatic rings. The van der Waals surface area contributed by atoms with Crippen LogP contribution in [0.25, 0.3) is 0 Å². The van der Waals surface area contributed by atoms with Crippen LogP contribution in [0.1, 0.15) is 10.4 Å². The van der Waals surface area contributed by atoms with Crippen molar-refractivity contribution in [1.29, 1.82) is 0 Å². The Morgan fingerprint density at radius 3 is 2.69 bits per heavy atom. The quantitative estimate of drug-likeness (QED) is 0.700. The van der Waals surface area contributed by atoms with Crippen molar-refractivity contribution in [3.05, 3.63) is 41.0 Å². The van der Waals surface area contributed by atoms with Crippen LogP contribution in [-0.2, 0) is 9.53 Å². The zero-order valence-electron chi connectivity index (χ0n) is 15.8. The van der Waals surface area contributed by atoms with Gasteiger partial charge in [-0.1, -0.05) is 11.6 Å². The maximum absolute atomic E-state index is 12.6. The second-order valence-corrected chi connectivity index (χ2v) is 6.61. The molecule has 2 heterocycles. The molecule has 0 bridgehead atoms. The number of anilines is 2. The van der Waals surface area contributed by atoms with Gasteiger partial charge in [-0.05, 0) is 24.3 Å². The van der Waals surface area contributed by atoms with E-state index in [1.54, 1.807) is 12.3 Å². The number of hydrogen-bond acceptors (Lipinski definition) is 7. The highest BCUT2D eigenvalue weighted by Crippen LogP contribution is 2.36. The van der Waals surface area contributed by atoms with E-state index in [9.17, 15) is 9.59 Å². The number of carbonyl (C=O) groups is 2. The summed E-state index contributed by atoms with van der Waals surface area (Å²) in [5.41, 5.74) is 6.29. The molecule has 1 aromatic carbocycles. The second kappa shape index (κ2) is 9.44. The topological polar surface area (TPSA) is 116 Å². The third-order valence-electron chi connectivity index (χ3n) is 4.22. The molecule has 0 radical (unpaired) electrons. The number of nitrogens with two attached hydrogens (primary N) is 1. The number of hydrogen-bond donors (Lipinski definition) is 2. The summed E-state index contributed by atoms with van der Waals surface area (Å²) < 4.78 is 15.8. The first-order valence-corrected chi connectivity index (χ1v) is 9.24. The van der Waals surface area contributed by atoms with Crippen LogP contribution in [0.2, 0.25) is 5.02 Å². The third kappa shape index (κ3) is 5.27. The molecule has 9 nitrogen and oxygen atoms in total. The molecular formula is C19H21ClN4O5. The molecule has 0 atom stereocenters. The summed E-state index contributed by atoms with van der Waals surface area (Å²) in [6.45, 7) is 2.60. The number of aromatic nitrogens is 1. The molecule has 0 saturated carbocycles. The van der Waals surface area contributed by atoms with Crippen LogP contribution in [0.5, 0.6) is 11.5 Å². The molecule has 0 spiro atoms. The average molecular weight is 421 g/mol. The predicted octanol–water partition coefficient (Wildman–Crippen LogP) is 1.70. The molecule has 3 N–H and O–H groups in total. The van der Waals surface area contributed by atoms with Crippen LogP contribution in [0, 0.1) is 0 Å². The van der Waals surface area contributed by atoms with Crippen molar-refractivity contribution in [2.45, 2.75) is 0 Å². The van der Waals surface area contributed by atoms with Gasteiger partial charge >= 0.3 is 0 Å². The predicted molar refractivity (Wildman–Crippen MR) is 108 cm³/mol. The van der Waals surface area contributed by atoms with Crippen LogP contribution in [0.15, 0.2) is 30.5 Å². The molecule has 29 heavy (non-hydrogen) atoms. The van der Waals surface area contributed by atoms with Gasteiger partial charge in [0, 0.05) is 18.7 Å². The number of nitrogens with one attached hydrogen (secondary N) is 1. The molecule has 10 heteroatoms. The van der Waals surface area contributed by atoms with Crippen molar-refractivity contribution in [3.63, 3.8) is 0 Å². The lowest BCUT2D eigenvalue weighted by molar-refractivity contribution is -0.119. The first-order valence-electron chi connectivity index (χ1n) is 8.86. The van der Waals surface area contributed by atoms with Crippen molar-refractivity contribution in [3.8, 4) is 11.5 Å². The first kappa shape index (κ1) is 20.7. The number of nitrogens with zero attached hydrogens (tertiary/aromatic N) is 2. The lowest BCUT2D eigenvalue weighted by Gasteiger charge is -2.28. The third-order valence-corrected chi connectivity index (χ3v) is 4.50. The zero-order valence-corrected chi connectivity index (χ0v) is 16.6. The Labute approximate surface area is 172 Å². The van der Waals surface area contributed by atoms with Crippen LogP contribution in [0.3, 0.4) is 0 Å². The van der Waals surface area contributed by atoms with Gasteiger partial charge in [0.25, 0.3) is 11.8 Å². The molecular weight excluding hydrogens is 400 g/mol. The summed E-state index contributed by atoms with van der Waals surface area (Å²) in [6, 6.07) is 6.49. The minimum atomic E-state index is -0.656. The van der Waals surface area contributed by atoms with Gasteiger partial charge in [-0.2, -0.15) is 0 Å². The lowest BCUT2D eigenvalue weighted by atomic mass is 10.2.